The van der Waals surface area contributed by atoms with Crippen molar-refractivity contribution < 1.29 is 52.7 Å². The van der Waals surface area contributed by atoms with Crippen LogP contribution in [0, 0.1) is 0 Å². The molecule has 10 heteroatoms. The maximum absolute atomic E-state index is 11.0. The first-order valence-corrected chi connectivity index (χ1v) is 13.8. The quantitative estimate of drug-likeness (QED) is 0.175. The minimum atomic E-state index is -4.27. The molecule has 1 aliphatic rings. The molecule has 0 saturated heterocycles. The predicted molar refractivity (Wildman–Crippen MR) is 140 cm³/mol. The summed E-state index contributed by atoms with van der Waals surface area (Å²) < 4.78 is 32.9. The molecule has 0 spiro atoms. The van der Waals surface area contributed by atoms with Gasteiger partial charge in [-0.15, -0.1) is 11.8 Å². The maximum atomic E-state index is 11.0. The molecule has 4 rings (SSSR count). The van der Waals surface area contributed by atoms with E-state index in [1.165, 1.54) is 11.8 Å². The van der Waals surface area contributed by atoms with E-state index in [1.807, 2.05) is 42.5 Å². The van der Waals surface area contributed by atoms with Gasteiger partial charge in [-0.1, -0.05) is 30.3 Å². The maximum Gasteiger partial charge on any atom is 1.00 e. The van der Waals surface area contributed by atoms with Gasteiger partial charge in [0, 0.05) is 51.0 Å². The Balaban J connectivity index is 0.00000342. The largest absolute Gasteiger partial charge is 1.00 e. The number of nitrogens with zero attached hydrogens (tertiary/aromatic N) is 1. The molecule has 0 unspecified atom stereocenters. The molecule has 6 nitrogen and oxygen atoms in total. The number of benzene rings is 3. The Morgan fingerprint density at radius 2 is 1.51 bits per heavy atom. The van der Waals surface area contributed by atoms with E-state index >= 15 is 0 Å². The Bertz CT molecular complexity index is 1270. The average Bonchev–Trinajstić information content (AvgIpc) is 2.80. The van der Waals surface area contributed by atoms with E-state index in [0.29, 0.717) is 18.1 Å². The summed E-state index contributed by atoms with van der Waals surface area (Å²) in [5.41, 5.74) is 5.32. The van der Waals surface area contributed by atoms with Crippen LogP contribution in [-0.2, 0) is 16.7 Å². The molecule has 178 valence electrons. The fraction of sp³-hybridized carbons (Fsp3) is 0.200. The van der Waals surface area contributed by atoms with Crippen molar-refractivity contribution in [2.24, 2.45) is 0 Å². The fourth-order valence-electron chi connectivity index (χ4n) is 4.06. The Morgan fingerprint density at radius 3 is 2.03 bits per heavy atom. The number of anilines is 2. The number of phenols is 2. The zero-order chi connectivity index (χ0) is 24.3. The van der Waals surface area contributed by atoms with Crippen molar-refractivity contribution >= 4 is 51.5 Å². The first kappa shape index (κ1) is 28.0. The Morgan fingerprint density at radius 1 is 0.943 bits per heavy atom. The van der Waals surface area contributed by atoms with Crippen LogP contribution < -0.4 is 34.5 Å². The Hall–Kier alpha value is -1.59. The van der Waals surface area contributed by atoms with Gasteiger partial charge in [0.25, 0.3) is 0 Å². The van der Waals surface area contributed by atoms with E-state index in [-0.39, 0.29) is 47.5 Å². The molecule has 2 N–H and O–H groups in total. The molecule has 0 saturated carbocycles. The standard InChI is InChI=1S/C25H25NO5S3.Na/c27-18-7-9-22-20(13-18)25(24(16-32)33-11-4-12-34(29,30)31)21-14-19(28)8-10-23(21)26(22)15-17-5-2-1-3-6-17;/h1-3,5-10,13-14,27-28,32H,4,11-12,15-16H2,(H,29,30,31);/q;+1/p-1. The second-order valence-electron chi connectivity index (χ2n) is 7.89. The van der Waals surface area contributed by atoms with Crippen LogP contribution in [0.1, 0.15) is 23.1 Å². The normalized spacial score (nSPS) is 12.5. The molecule has 3 aromatic rings. The zero-order valence-corrected chi connectivity index (χ0v) is 23.7. The molecule has 0 bridgehead atoms. The van der Waals surface area contributed by atoms with Gasteiger partial charge in [-0.2, -0.15) is 12.6 Å². The van der Waals surface area contributed by atoms with Crippen LogP contribution in [0.3, 0.4) is 0 Å². The second-order valence-corrected chi connectivity index (χ2v) is 10.9. The molecule has 0 radical (unpaired) electrons. The monoisotopic (exact) mass is 537 g/mol. The van der Waals surface area contributed by atoms with Crippen molar-refractivity contribution in [1.29, 1.82) is 0 Å². The Kier molecular flexibility index (Phi) is 9.67. The van der Waals surface area contributed by atoms with Crippen molar-refractivity contribution in [2.75, 3.05) is 22.2 Å². The van der Waals surface area contributed by atoms with Crippen LogP contribution in [0.25, 0.3) is 5.57 Å². The minimum absolute atomic E-state index is 0. The van der Waals surface area contributed by atoms with Crippen LogP contribution in [0.2, 0.25) is 0 Å². The molecule has 35 heavy (non-hydrogen) atoms. The van der Waals surface area contributed by atoms with Crippen LogP contribution in [-0.4, -0.2) is 40.4 Å². The molecule has 0 atom stereocenters. The number of phenolic OH excluding ortho intramolecular Hbond substituents is 2. The predicted octanol–water partition coefficient (Wildman–Crippen LogP) is 2.11. The van der Waals surface area contributed by atoms with Gasteiger partial charge in [-0.3, -0.25) is 0 Å². The Labute approximate surface area is 237 Å². The van der Waals surface area contributed by atoms with Gasteiger partial charge in [0.15, 0.2) is 0 Å². The SMILES string of the molecule is O=S(=O)([O-])CCCSC(CS)=C1c2cc(O)ccc2N(Cc2ccccc2)c2ccc(O)cc21.[Na+]. The summed E-state index contributed by atoms with van der Waals surface area (Å²) in [7, 11) is -4.27. The van der Waals surface area contributed by atoms with Crippen molar-refractivity contribution in [2.45, 2.75) is 13.0 Å². The van der Waals surface area contributed by atoms with E-state index in [4.69, 9.17) is 0 Å². The van der Waals surface area contributed by atoms with Crippen molar-refractivity contribution in [3.8, 4) is 11.5 Å². The smallest absolute Gasteiger partial charge is 0.748 e. The van der Waals surface area contributed by atoms with E-state index in [0.717, 1.165) is 38.5 Å². The third kappa shape index (κ3) is 6.80. The average molecular weight is 538 g/mol. The summed E-state index contributed by atoms with van der Waals surface area (Å²) >= 11 is 5.96. The third-order valence-corrected chi connectivity index (χ3v) is 8.01. The number of hydrogen-bond acceptors (Lipinski definition) is 8. The summed E-state index contributed by atoms with van der Waals surface area (Å²) in [6.07, 6.45) is 0.223. The van der Waals surface area contributed by atoms with Gasteiger partial charge < -0.3 is 19.7 Å². The molecular formula is C25H24NNaO5S3. The summed E-state index contributed by atoms with van der Waals surface area (Å²) in [6.45, 7) is 0.592. The molecule has 3 aromatic carbocycles. The first-order chi connectivity index (χ1) is 16.3. The van der Waals surface area contributed by atoms with Gasteiger partial charge in [0.1, 0.15) is 11.5 Å². The van der Waals surface area contributed by atoms with E-state index in [2.05, 4.69) is 17.5 Å². The van der Waals surface area contributed by atoms with Crippen LogP contribution in [0.15, 0.2) is 71.6 Å². The van der Waals surface area contributed by atoms with Gasteiger partial charge >= 0.3 is 29.6 Å². The van der Waals surface area contributed by atoms with Crippen LogP contribution in [0.5, 0.6) is 11.5 Å². The second kappa shape index (κ2) is 12.1. The van der Waals surface area contributed by atoms with Crippen molar-refractivity contribution in [3.63, 3.8) is 0 Å². The number of hydrogen-bond donors (Lipinski definition) is 3. The molecule has 0 aromatic heterocycles. The molecule has 1 aliphatic heterocycles. The zero-order valence-electron chi connectivity index (χ0n) is 19.2. The van der Waals surface area contributed by atoms with Crippen LogP contribution >= 0.6 is 24.4 Å². The third-order valence-electron chi connectivity index (χ3n) is 5.50. The fourth-order valence-corrected chi connectivity index (χ4v) is 6.16. The van der Waals surface area contributed by atoms with Gasteiger partial charge in [0.05, 0.1) is 10.1 Å². The number of aromatic hydroxyl groups is 2. The van der Waals surface area contributed by atoms with Gasteiger partial charge in [0.2, 0.25) is 0 Å². The summed E-state index contributed by atoms with van der Waals surface area (Å²) in [6, 6.07) is 20.4. The molecule has 0 aliphatic carbocycles. The number of fused-ring (bicyclic) bond motifs is 2. The topological polar surface area (TPSA) is 101 Å². The summed E-state index contributed by atoms with van der Waals surface area (Å²) in [5, 5.41) is 20.6. The minimum Gasteiger partial charge on any atom is -0.748 e. The van der Waals surface area contributed by atoms with Gasteiger partial charge in [-0.05, 0) is 54.1 Å². The van der Waals surface area contributed by atoms with Crippen LogP contribution in [0.4, 0.5) is 11.4 Å². The molecule has 1 heterocycles. The number of thiol groups is 1. The van der Waals surface area contributed by atoms with Crippen molar-refractivity contribution in [3.05, 3.63) is 88.3 Å². The van der Waals surface area contributed by atoms with E-state index < -0.39 is 15.9 Å². The molecular weight excluding hydrogens is 513 g/mol. The molecule has 0 amide bonds. The van der Waals surface area contributed by atoms with E-state index in [1.54, 1.807) is 24.3 Å². The number of rotatable bonds is 8. The van der Waals surface area contributed by atoms with Crippen molar-refractivity contribution in [1.82, 2.24) is 0 Å². The van der Waals surface area contributed by atoms with E-state index in [9.17, 15) is 23.2 Å². The summed E-state index contributed by atoms with van der Waals surface area (Å²) in [5.74, 6) is 0.597. The van der Waals surface area contributed by atoms with Gasteiger partial charge in [-0.25, -0.2) is 8.42 Å². The number of thioether (sulfide) groups is 1. The first-order valence-electron chi connectivity index (χ1n) is 10.7. The molecule has 0 fully saturated rings. The summed E-state index contributed by atoms with van der Waals surface area (Å²) in [4.78, 5) is 3.01.